The lowest BCUT2D eigenvalue weighted by molar-refractivity contribution is 0.0342. The summed E-state index contributed by atoms with van der Waals surface area (Å²) in [7, 11) is 0. The molecule has 1 fully saturated rings. The number of morpholine rings is 1. The largest absolute Gasteiger partial charge is 0.486 e. The number of ether oxygens (including phenoxy) is 2. The van der Waals surface area contributed by atoms with E-state index in [9.17, 15) is 0 Å². The molecule has 2 aromatic carbocycles. The summed E-state index contributed by atoms with van der Waals surface area (Å²) in [6.45, 7) is 6.56. The zero-order chi connectivity index (χ0) is 24.2. The molecule has 3 heterocycles. The summed E-state index contributed by atoms with van der Waals surface area (Å²) < 4.78 is 11.6. The molecule has 182 valence electrons. The van der Waals surface area contributed by atoms with E-state index in [-0.39, 0.29) is 6.10 Å². The van der Waals surface area contributed by atoms with E-state index < -0.39 is 0 Å². The minimum Gasteiger partial charge on any atom is -0.486 e. The quantitative estimate of drug-likeness (QED) is 0.313. The van der Waals surface area contributed by atoms with Crippen LogP contribution >= 0.6 is 23.2 Å². The molecule has 0 amide bonds. The first kappa shape index (κ1) is 24.1. The zero-order valence-electron chi connectivity index (χ0n) is 19.6. The molecule has 0 bridgehead atoms. The molecule has 8 heteroatoms. The molecule has 0 radical (unpaired) electrons. The van der Waals surface area contributed by atoms with Gasteiger partial charge in [0.1, 0.15) is 11.9 Å². The number of nitrogens with zero attached hydrogens (tertiary/aromatic N) is 3. The van der Waals surface area contributed by atoms with Gasteiger partial charge in [0.25, 0.3) is 0 Å². The van der Waals surface area contributed by atoms with Crippen LogP contribution < -0.4 is 4.74 Å². The van der Waals surface area contributed by atoms with Crippen LogP contribution in [-0.4, -0.2) is 46.4 Å². The van der Waals surface area contributed by atoms with E-state index >= 15 is 0 Å². The average molecular weight is 511 g/mol. The molecule has 0 aliphatic carbocycles. The molecule has 4 aromatic rings. The summed E-state index contributed by atoms with van der Waals surface area (Å²) in [5, 5.41) is 9.72. The van der Waals surface area contributed by atoms with Crippen LogP contribution in [0.15, 0.2) is 54.9 Å². The van der Waals surface area contributed by atoms with Gasteiger partial charge in [0.05, 0.1) is 28.8 Å². The monoisotopic (exact) mass is 510 g/mol. The molecule has 6 nitrogen and oxygen atoms in total. The maximum atomic E-state index is 6.30. The molecule has 1 N–H and O–H groups in total. The van der Waals surface area contributed by atoms with Gasteiger partial charge in [-0.15, -0.1) is 0 Å². The Labute approximate surface area is 215 Å². The van der Waals surface area contributed by atoms with Crippen molar-refractivity contribution >= 4 is 34.1 Å². The first-order chi connectivity index (χ1) is 17.1. The van der Waals surface area contributed by atoms with Crippen molar-refractivity contribution in [2.75, 3.05) is 26.3 Å². The summed E-state index contributed by atoms with van der Waals surface area (Å²) in [6.07, 6.45) is 4.63. The van der Waals surface area contributed by atoms with E-state index in [1.54, 1.807) is 12.4 Å². The minimum absolute atomic E-state index is 0.318. The lowest BCUT2D eigenvalue weighted by Gasteiger charge is -2.26. The molecule has 1 aliphatic rings. The number of hydrogen-bond acceptors (Lipinski definition) is 5. The van der Waals surface area contributed by atoms with Gasteiger partial charge < -0.3 is 9.47 Å². The minimum atomic E-state index is -0.318. The fraction of sp³-hybridized carbons (Fsp3) is 0.333. The smallest absolute Gasteiger partial charge is 0.124 e. The van der Waals surface area contributed by atoms with Gasteiger partial charge in [-0.1, -0.05) is 47.5 Å². The molecule has 0 saturated carbocycles. The van der Waals surface area contributed by atoms with Gasteiger partial charge in [0.2, 0.25) is 0 Å². The molecule has 1 atom stereocenters. The molecule has 5 rings (SSSR count). The van der Waals surface area contributed by atoms with Crippen molar-refractivity contribution in [3.05, 3.63) is 87.3 Å². The number of aromatic nitrogens is 3. The molecule has 2 aromatic heterocycles. The van der Waals surface area contributed by atoms with Crippen LogP contribution in [0.25, 0.3) is 10.9 Å². The summed E-state index contributed by atoms with van der Waals surface area (Å²) in [6, 6.07) is 14.8. The van der Waals surface area contributed by atoms with E-state index in [0.717, 1.165) is 73.6 Å². The SMILES string of the molecule is CC(Oc1ccc2n[nH]c(CCc3ccc(CN4CCOCC4)cc3)c2c1)c1c(Cl)cncc1Cl. The van der Waals surface area contributed by atoms with Gasteiger partial charge in [-0.2, -0.15) is 5.10 Å². The summed E-state index contributed by atoms with van der Waals surface area (Å²) in [4.78, 5) is 6.45. The van der Waals surface area contributed by atoms with Crippen molar-refractivity contribution < 1.29 is 9.47 Å². The van der Waals surface area contributed by atoms with Crippen LogP contribution in [-0.2, 0) is 24.1 Å². The van der Waals surface area contributed by atoms with Crippen molar-refractivity contribution in [3.8, 4) is 5.75 Å². The maximum absolute atomic E-state index is 6.30. The highest BCUT2D eigenvalue weighted by Crippen LogP contribution is 2.33. The Morgan fingerprint density at radius 1 is 1.00 bits per heavy atom. The second-order valence-electron chi connectivity index (χ2n) is 8.86. The Balaban J connectivity index is 1.24. The molecule has 35 heavy (non-hydrogen) atoms. The third-order valence-corrected chi connectivity index (χ3v) is 7.01. The lowest BCUT2D eigenvalue weighted by atomic mass is 10.0. The molecule has 1 saturated heterocycles. The standard InChI is InChI=1S/C27H28Cl2N4O2/c1-18(27-23(28)15-30-16-24(27)29)35-21-7-9-26-22(14-21)25(31-32-26)8-6-19-2-4-20(5-3-19)17-33-10-12-34-13-11-33/h2-5,7,9,14-16,18H,6,8,10-13,17H2,1H3,(H,31,32). The van der Waals surface area contributed by atoms with Gasteiger partial charge in [-0.3, -0.25) is 15.0 Å². The fourth-order valence-electron chi connectivity index (χ4n) is 4.48. The molecule has 1 aliphatic heterocycles. The second-order valence-corrected chi connectivity index (χ2v) is 9.68. The third-order valence-electron chi connectivity index (χ3n) is 6.41. The Hall–Kier alpha value is -2.64. The average Bonchev–Trinajstić information content (AvgIpc) is 3.26. The Kier molecular flexibility index (Phi) is 7.54. The van der Waals surface area contributed by atoms with E-state index in [1.807, 2.05) is 25.1 Å². The van der Waals surface area contributed by atoms with Crippen molar-refractivity contribution in [1.82, 2.24) is 20.1 Å². The predicted octanol–water partition coefficient (Wildman–Crippen LogP) is 6.02. The third kappa shape index (κ3) is 5.78. The van der Waals surface area contributed by atoms with Crippen molar-refractivity contribution in [1.29, 1.82) is 0 Å². The second kappa shape index (κ2) is 11.0. The Morgan fingerprint density at radius 3 is 2.46 bits per heavy atom. The van der Waals surface area contributed by atoms with Gasteiger partial charge in [0, 0.05) is 48.7 Å². The Bertz CT molecular complexity index is 1270. The highest BCUT2D eigenvalue weighted by atomic mass is 35.5. The van der Waals surface area contributed by atoms with Crippen LogP contribution in [0.2, 0.25) is 10.0 Å². The fourth-order valence-corrected chi connectivity index (χ4v) is 5.15. The number of fused-ring (bicyclic) bond motifs is 1. The number of hydrogen-bond donors (Lipinski definition) is 1. The zero-order valence-corrected chi connectivity index (χ0v) is 21.1. The van der Waals surface area contributed by atoms with Crippen LogP contribution in [0.1, 0.15) is 35.4 Å². The number of nitrogens with one attached hydrogen (secondary N) is 1. The number of benzene rings is 2. The summed E-state index contributed by atoms with van der Waals surface area (Å²) >= 11 is 12.6. The van der Waals surface area contributed by atoms with Gasteiger partial charge in [-0.05, 0) is 49.1 Å². The van der Waals surface area contributed by atoms with E-state index in [0.29, 0.717) is 10.0 Å². The van der Waals surface area contributed by atoms with Gasteiger partial charge in [0.15, 0.2) is 0 Å². The molecule has 1 unspecified atom stereocenters. The number of pyridine rings is 1. The Morgan fingerprint density at radius 2 is 1.71 bits per heavy atom. The maximum Gasteiger partial charge on any atom is 0.124 e. The number of rotatable bonds is 8. The number of halogens is 2. The first-order valence-electron chi connectivity index (χ1n) is 11.9. The van der Waals surface area contributed by atoms with Crippen molar-refractivity contribution in [2.45, 2.75) is 32.4 Å². The molecular weight excluding hydrogens is 483 g/mol. The summed E-state index contributed by atoms with van der Waals surface area (Å²) in [5.74, 6) is 0.740. The lowest BCUT2D eigenvalue weighted by Crippen LogP contribution is -2.35. The highest BCUT2D eigenvalue weighted by Gasteiger charge is 2.17. The van der Waals surface area contributed by atoms with Gasteiger partial charge >= 0.3 is 0 Å². The summed E-state index contributed by atoms with van der Waals surface area (Å²) in [5.41, 5.74) is 5.39. The van der Waals surface area contributed by atoms with Crippen LogP contribution in [0.4, 0.5) is 0 Å². The van der Waals surface area contributed by atoms with E-state index in [1.165, 1.54) is 11.1 Å². The number of aromatic amines is 1. The normalized spacial score (nSPS) is 15.4. The topological polar surface area (TPSA) is 63.3 Å². The van der Waals surface area contributed by atoms with Crippen molar-refractivity contribution in [3.63, 3.8) is 0 Å². The van der Waals surface area contributed by atoms with Crippen molar-refractivity contribution in [2.24, 2.45) is 0 Å². The number of aryl methyl sites for hydroxylation is 2. The predicted molar refractivity (Wildman–Crippen MR) is 139 cm³/mol. The number of H-pyrrole nitrogens is 1. The molecular formula is C27H28Cl2N4O2. The van der Waals surface area contributed by atoms with Crippen LogP contribution in [0, 0.1) is 0 Å². The van der Waals surface area contributed by atoms with Gasteiger partial charge in [-0.25, -0.2) is 0 Å². The van der Waals surface area contributed by atoms with Crippen LogP contribution in [0.3, 0.4) is 0 Å². The highest BCUT2D eigenvalue weighted by molar-refractivity contribution is 6.35. The first-order valence-corrected chi connectivity index (χ1v) is 12.6. The van der Waals surface area contributed by atoms with Crippen LogP contribution in [0.5, 0.6) is 5.75 Å². The van der Waals surface area contributed by atoms with E-state index in [4.69, 9.17) is 32.7 Å². The molecule has 0 spiro atoms. The van der Waals surface area contributed by atoms with E-state index in [2.05, 4.69) is 44.3 Å².